The Morgan fingerprint density at radius 2 is 2.19 bits per heavy atom. The minimum atomic E-state index is 0.222. The number of guanidine groups is 1. The lowest BCUT2D eigenvalue weighted by molar-refractivity contribution is -0.132. The molecule has 144 valence electrons. The monoisotopic (exact) mass is 360 g/mol. The molecule has 6 heteroatoms. The Balaban J connectivity index is 1.77. The van der Waals surface area contributed by atoms with Crippen molar-refractivity contribution in [1.82, 2.24) is 15.5 Å². The van der Waals surface area contributed by atoms with Crippen molar-refractivity contribution >= 4 is 11.9 Å². The summed E-state index contributed by atoms with van der Waals surface area (Å²) in [4.78, 5) is 18.5. The van der Waals surface area contributed by atoms with Crippen LogP contribution in [0.5, 0.6) is 5.75 Å². The highest BCUT2D eigenvalue weighted by Crippen LogP contribution is 2.19. The van der Waals surface area contributed by atoms with Crippen molar-refractivity contribution < 1.29 is 9.53 Å². The summed E-state index contributed by atoms with van der Waals surface area (Å²) >= 11 is 0. The Morgan fingerprint density at radius 3 is 2.88 bits per heavy atom. The molecule has 6 nitrogen and oxygen atoms in total. The van der Waals surface area contributed by atoms with E-state index in [-0.39, 0.29) is 5.91 Å². The van der Waals surface area contributed by atoms with Crippen molar-refractivity contribution in [2.75, 3.05) is 33.8 Å². The van der Waals surface area contributed by atoms with Crippen LogP contribution in [0.25, 0.3) is 0 Å². The highest BCUT2D eigenvalue weighted by molar-refractivity contribution is 5.81. The van der Waals surface area contributed by atoms with Crippen molar-refractivity contribution in [3.63, 3.8) is 0 Å². The Hall–Kier alpha value is -2.24. The fourth-order valence-electron chi connectivity index (χ4n) is 3.26. The maximum absolute atomic E-state index is 12.3. The lowest BCUT2D eigenvalue weighted by Gasteiger charge is -2.31. The molecule has 1 amide bonds. The molecule has 0 aliphatic carbocycles. The number of likely N-dealkylation sites (tertiary alicyclic amines) is 1. The zero-order valence-electron chi connectivity index (χ0n) is 16.5. The van der Waals surface area contributed by atoms with E-state index in [2.05, 4.69) is 34.7 Å². The number of aryl methyl sites for hydroxylation is 1. The third-order valence-electron chi connectivity index (χ3n) is 4.75. The average molecular weight is 361 g/mol. The number of piperidine rings is 1. The van der Waals surface area contributed by atoms with Crippen LogP contribution >= 0.6 is 0 Å². The molecule has 0 aromatic heterocycles. The molecule has 1 unspecified atom stereocenters. The van der Waals surface area contributed by atoms with Gasteiger partial charge in [0.05, 0.1) is 7.11 Å². The van der Waals surface area contributed by atoms with E-state index < -0.39 is 0 Å². The largest absolute Gasteiger partial charge is 0.496 e. The molecule has 1 fully saturated rings. The Labute approximate surface area is 157 Å². The van der Waals surface area contributed by atoms with E-state index in [9.17, 15) is 4.79 Å². The van der Waals surface area contributed by atoms with Gasteiger partial charge in [-0.05, 0) is 37.3 Å². The minimum absolute atomic E-state index is 0.222. The van der Waals surface area contributed by atoms with Crippen LogP contribution in [0, 0.1) is 12.8 Å². The topological polar surface area (TPSA) is 66.0 Å². The SMILES string of the molecule is CN=C(NCCC(=O)N1CCCC(C)C1)NCc1ccc(C)cc1OC. The second kappa shape index (κ2) is 10.0. The summed E-state index contributed by atoms with van der Waals surface area (Å²) in [5, 5.41) is 6.49. The number of methoxy groups -OCH3 is 1. The molecule has 26 heavy (non-hydrogen) atoms. The van der Waals surface area contributed by atoms with Gasteiger partial charge in [-0.15, -0.1) is 0 Å². The van der Waals surface area contributed by atoms with Gasteiger partial charge in [-0.2, -0.15) is 0 Å². The average Bonchev–Trinajstić information content (AvgIpc) is 2.65. The first-order valence-corrected chi connectivity index (χ1v) is 9.39. The third kappa shape index (κ3) is 5.93. The molecular formula is C20H32N4O2. The highest BCUT2D eigenvalue weighted by atomic mass is 16.5. The molecule has 1 aromatic carbocycles. The lowest BCUT2D eigenvalue weighted by Crippen LogP contribution is -2.42. The highest BCUT2D eigenvalue weighted by Gasteiger charge is 2.20. The van der Waals surface area contributed by atoms with Gasteiger partial charge in [0, 0.05) is 45.2 Å². The predicted molar refractivity (Wildman–Crippen MR) is 106 cm³/mol. The number of benzene rings is 1. The summed E-state index contributed by atoms with van der Waals surface area (Å²) in [6, 6.07) is 6.13. The lowest BCUT2D eigenvalue weighted by atomic mass is 10.00. The molecule has 0 radical (unpaired) electrons. The van der Waals surface area contributed by atoms with Gasteiger partial charge < -0.3 is 20.3 Å². The van der Waals surface area contributed by atoms with E-state index in [0.717, 1.165) is 30.8 Å². The first kappa shape index (κ1) is 20.1. The van der Waals surface area contributed by atoms with Crippen LogP contribution in [-0.2, 0) is 11.3 Å². The number of nitrogens with one attached hydrogen (secondary N) is 2. The molecule has 2 rings (SSSR count). The van der Waals surface area contributed by atoms with Crippen LogP contribution in [0.15, 0.2) is 23.2 Å². The van der Waals surface area contributed by atoms with Gasteiger partial charge in [0.15, 0.2) is 5.96 Å². The number of amides is 1. The third-order valence-corrected chi connectivity index (χ3v) is 4.75. The molecule has 1 heterocycles. The van der Waals surface area contributed by atoms with E-state index in [0.29, 0.717) is 31.4 Å². The van der Waals surface area contributed by atoms with Gasteiger partial charge in [-0.3, -0.25) is 9.79 Å². The van der Waals surface area contributed by atoms with Gasteiger partial charge in [0.1, 0.15) is 5.75 Å². The molecule has 0 bridgehead atoms. The van der Waals surface area contributed by atoms with Crippen molar-refractivity contribution in [1.29, 1.82) is 0 Å². The predicted octanol–water partition coefficient (Wildman–Crippen LogP) is 2.32. The maximum Gasteiger partial charge on any atom is 0.224 e. The van der Waals surface area contributed by atoms with Gasteiger partial charge in [-0.1, -0.05) is 19.1 Å². The van der Waals surface area contributed by atoms with Crippen molar-refractivity contribution in [2.24, 2.45) is 10.9 Å². The number of carbonyl (C=O) groups excluding carboxylic acids is 1. The molecule has 0 spiro atoms. The van der Waals surface area contributed by atoms with Gasteiger partial charge in [0.25, 0.3) is 0 Å². The molecule has 1 aliphatic heterocycles. The van der Waals surface area contributed by atoms with E-state index in [1.807, 2.05) is 17.9 Å². The number of ether oxygens (including phenoxy) is 1. The molecule has 1 atom stereocenters. The summed E-state index contributed by atoms with van der Waals surface area (Å²) in [6.07, 6.45) is 2.82. The molecule has 1 aromatic rings. The Bertz CT molecular complexity index is 630. The first-order valence-electron chi connectivity index (χ1n) is 9.39. The zero-order chi connectivity index (χ0) is 18.9. The second-order valence-electron chi connectivity index (χ2n) is 7.00. The number of carbonyl (C=O) groups is 1. The summed E-state index contributed by atoms with van der Waals surface area (Å²) in [5.41, 5.74) is 2.23. The number of nitrogens with zero attached hydrogens (tertiary/aromatic N) is 2. The smallest absolute Gasteiger partial charge is 0.224 e. The summed E-state index contributed by atoms with van der Waals surface area (Å²) < 4.78 is 5.43. The van der Waals surface area contributed by atoms with Crippen LogP contribution in [0.4, 0.5) is 0 Å². The molecule has 2 N–H and O–H groups in total. The molecule has 1 saturated heterocycles. The van der Waals surface area contributed by atoms with E-state index >= 15 is 0 Å². The molecular weight excluding hydrogens is 328 g/mol. The number of hydrogen-bond acceptors (Lipinski definition) is 3. The Morgan fingerprint density at radius 1 is 1.38 bits per heavy atom. The number of aliphatic imine (C=N–C) groups is 1. The fourth-order valence-corrected chi connectivity index (χ4v) is 3.26. The van der Waals surface area contributed by atoms with Crippen molar-refractivity contribution in [3.05, 3.63) is 29.3 Å². The standard InChI is InChI=1S/C20H32N4O2/c1-15-7-8-17(18(12-15)26-4)13-23-20(21-3)22-10-9-19(25)24-11-5-6-16(2)14-24/h7-8,12,16H,5-6,9-11,13-14H2,1-4H3,(H2,21,22,23). The summed E-state index contributed by atoms with van der Waals surface area (Å²) in [7, 11) is 3.41. The van der Waals surface area contributed by atoms with Gasteiger partial charge >= 0.3 is 0 Å². The Kier molecular flexibility index (Phi) is 7.75. The van der Waals surface area contributed by atoms with Gasteiger partial charge in [-0.25, -0.2) is 0 Å². The minimum Gasteiger partial charge on any atom is -0.496 e. The van der Waals surface area contributed by atoms with Crippen LogP contribution in [-0.4, -0.2) is 50.6 Å². The maximum atomic E-state index is 12.3. The van der Waals surface area contributed by atoms with Crippen LogP contribution in [0.2, 0.25) is 0 Å². The zero-order valence-corrected chi connectivity index (χ0v) is 16.5. The second-order valence-corrected chi connectivity index (χ2v) is 7.00. The van der Waals surface area contributed by atoms with E-state index in [1.165, 1.54) is 12.0 Å². The normalized spacial score (nSPS) is 17.8. The number of hydrogen-bond donors (Lipinski definition) is 2. The van der Waals surface area contributed by atoms with Crippen molar-refractivity contribution in [3.8, 4) is 5.75 Å². The summed E-state index contributed by atoms with van der Waals surface area (Å²) in [6.45, 7) is 7.22. The van der Waals surface area contributed by atoms with E-state index in [4.69, 9.17) is 4.74 Å². The molecule has 0 saturated carbocycles. The van der Waals surface area contributed by atoms with Crippen molar-refractivity contribution in [2.45, 2.75) is 39.7 Å². The number of rotatable bonds is 6. The quantitative estimate of drug-likeness (QED) is 0.604. The van der Waals surface area contributed by atoms with Crippen LogP contribution in [0.1, 0.15) is 37.3 Å². The fraction of sp³-hybridized carbons (Fsp3) is 0.600. The van der Waals surface area contributed by atoms with E-state index in [1.54, 1.807) is 14.2 Å². The van der Waals surface area contributed by atoms with Gasteiger partial charge in [0.2, 0.25) is 5.91 Å². The first-order chi connectivity index (χ1) is 12.5. The van der Waals surface area contributed by atoms with Crippen LogP contribution < -0.4 is 15.4 Å². The summed E-state index contributed by atoms with van der Waals surface area (Å²) in [5.74, 6) is 2.38. The van der Waals surface area contributed by atoms with Crippen LogP contribution in [0.3, 0.4) is 0 Å². The molecule has 1 aliphatic rings.